The van der Waals surface area contributed by atoms with Gasteiger partial charge in [0.05, 0.1) is 0 Å². The molecule has 158 valence electrons. The fourth-order valence-corrected chi connectivity index (χ4v) is 3.06. The van der Waals surface area contributed by atoms with Crippen LogP contribution in [0.4, 0.5) is 22.4 Å². The van der Waals surface area contributed by atoms with E-state index in [0.29, 0.717) is 6.42 Å². The summed E-state index contributed by atoms with van der Waals surface area (Å²) in [5.74, 6) is -2.06. The van der Waals surface area contributed by atoms with Crippen LogP contribution in [-0.2, 0) is 4.74 Å². The second-order valence-electron chi connectivity index (χ2n) is 7.29. The average Bonchev–Trinajstić information content (AvgIpc) is 2.60. The number of hydrogen-bond acceptors (Lipinski definition) is 4. The number of primary amides is 1. The minimum Gasteiger partial charge on any atom is -0.486 e. The Morgan fingerprint density at radius 3 is 2.48 bits per heavy atom. The zero-order chi connectivity index (χ0) is 21.8. The molecular formula is C20H22F4N2O3. The summed E-state index contributed by atoms with van der Waals surface area (Å²) in [6.07, 6.45) is -2.37. The molecule has 29 heavy (non-hydrogen) atoms. The van der Waals surface area contributed by atoms with Crippen molar-refractivity contribution >= 4 is 6.09 Å². The first-order valence-corrected chi connectivity index (χ1v) is 8.85. The molecule has 1 aromatic carbocycles. The van der Waals surface area contributed by atoms with Gasteiger partial charge in [-0.1, -0.05) is 13.8 Å². The Kier molecular flexibility index (Phi) is 7.05. The van der Waals surface area contributed by atoms with Crippen molar-refractivity contribution in [3.63, 3.8) is 0 Å². The van der Waals surface area contributed by atoms with Gasteiger partial charge in [0.15, 0.2) is 11.6 Å². The fraction of sp³-hybridized carbons (Fsp3) is 0.400. The number of pyridine rings is 1. The van der Waals surface area contributed by atoms with Crippen molar-refractivity contribution < 1.29 is 31.8 Å². The highest BCUT2D eigenvalue weighted by molar-refractivity contribution is 5.66. The molecule has 0 saturated heterocycles. The standard InChI is InChI=1S/C20H22F4N2O3/c1-11(2)9-20(3,29-19(25)27)10-28-17-8-14(21)13(7-15(17)22)12-4-5-26-16(6-12)18(23)24/h4-8,11,18H,9-10H2,1-3H3,(H2,25,27)/t20-/m0/s1. The monoisotopic (exact) mass is 414 g/mol. The highest BCUT2D eigenvalue weighted by Gasteiger charge is 2.31. The number of hydrogen-bond donors (Lipinski definition) is 1. The van der Waals surface area contributed by atoms with E-state index in [4.69, 9.17) is 15.2 Å². The Bertz CT molecular complexity index is 877. The third kappa shape index (κ3) is 6.07. The van der Waals surface area contributed by atoms with Crippen molar-refractivity contribution in [1.82, 2.24) is 4.98 Å². The molecule has 0 bridgehead atoms. The van der Waals surface area contributed by atoms with Gasteiger partial charge >= 0.3 is 6.09 Å². The third-order valence-electron chi connectivity index (χ3n) is 4.06. The molecule has 1 heterocycles. The summed E-state index contributed by atoms with van der Waals surface area (Å²) in [5, 5.41) is 0. The lowest BCUT2D eigenvalue weighted by Crippen LogP contribution is -2.41. The Labute approximate surface area is 165 Å². The first kappa shape index (κ1) is 22.4. The van der Waals surface area contributed by atoms with Gasteiger partial charge in [0, 0.05) is 17.8 Å². The molecule has 1 atom stereocenters. The van der Waals surface area contributed by atoms with Gasteiger partial charge in [0.25, 0.3) is 6.43 Å². The maximum atomic E-state index is 14.5. The number of nitrogens with two attached hydrogens (primary N) is 1. The van der Waals surface area contributed by atoms with E-state index < -0.39 is 41.2 Å². The Morgan fingerprint density at radius 1 is 1.21 bits per heavy atom. The predicted octanol–water partition coefficient (Wildman–Crippen LogP) is 5.24. The summed E-state index contributed by atoms with van der Waals surface area (Å²) in [5.41, 5.74) is 3.24. The molecule has 5 nitrogen and oxygen atoms in total. The lowest BCUT2D eigenvalue weighted by Gasteiger charge is -2.30. The molecule has 0 spiro atoms. The Morgan fingerprint density at radius 2 is 1.90 bits per heavy atom. The summed E-state index contributed by atoms with van der Waals surface area (Å²) in [6.45, 7) is 5.10. The van der Waals surface area contributed by atoms with E-state index in [0.717, 1.165) is 24.4 Å². The van der Waals surface area contributed by atoms with Gasteiger partial charge in [-0.3, -0.25) is 4.98 Å². The summed E-state index contributed by atoms with van der Waals surface area (Å²) in [4.78, 5) is 14.7. The number of carbonyl (C=O) groups excluding carboxylic acids is 1. The number of aromatic nitrogens is 1. The Hall–Kier alpha value is -2.84. The van der Waals surface area contributed by atoms with Crippen LogP contribution < -0.4 is 10.5 Å². The van der Waals surface area contributed by atoms with Gasteiger partial charge in [0.1, 0.15) is 23.7 Å². The number of halogens is 4. The van der Waals surface area contributed by atoms with Crippen molar-refractivity contribution in [2.45, 2.75) is 39.2 Å². The van der Waals surface area contributed by atoms with Gasteiger partial charge in [-0.25, -0.2) is 22.4 Å². The van der Waals surface area contributed by atoms with Gasteiger partial charge < -0.3 is 15.2 Å². The molecule has 2 rings (SSSR count). The number of rotatable bonds is 8. The number of alkyl halides is 2. The van der Waals surface area contributed by atoms with E-state index in [9.17, 15) is 22.4 Å². The van der Waals surface area contributed by atoms with E-state index in [-0.39, 0.29) is 23.7 Å². The van der Waals surface area contributed by atoms with Crippen LogP contribution in [0.5, 0.6) is 5.75 Å². The second-order valence-corrected chi connectivity index (χ2v) is 7.29. The highest BCUT2D eigenvalue weighted by Crippen LogP contribution is 2.32. The van der Waals surface area contributed by atoms with E-state index in [1.54, 1.807) is 6.92 Å². The molecular weight excluding hydrogens is 392 g/mol. The summed E-state index contributed by atoms with van der Waals surface area (Å²) >= 11 is 0. The van der Waals surface area contributed by atoms with Crippen molar-refractivity contribution in [3.05, 3.63) is 47.8 Å². The number of nitrogens with zero attached hydrogens (tertiary/aromatic N) is 1. The molecule has 0 fully saturated rings. The SMILES string of the molecule is CC(C)C[C@@](C)(COc1cc(F)c(-c2ccnc(C(F)F)c2)cc1F)OC(N)=O. The van der Waals surface area contributed by atoms with Crippen molar-refractivity contribution in [3.8, 4) is 16.9 Å². The molecule has 9 heteroatoms. The molecule has 1 amide bonds. The number of carbonyl (C=O) groups is 1. The minimum absolute atomic E-state index is 0.0555. The first-order chi connectivity index (χ1) is 13.5. The van der Waals surface area contributed by atoms with Crippen LogP contribution in [0.15, 0.2) is 30.5 Å². The molecule has 0 aliphatic rings. The van der Waals surface area contributed by atoms with E-state index in [1.807, 2.05) is 13.8 Å². The van der Waals surface area contributed by atoms with Crippen LogP contribution in [0.2, 0.25) is 0 Å². The average molecular weight is 414 g/mol. The zero-order valence-corrected chi connectivity index (χ0v) is 16.2. The van der Waals surface area contributed by atoms with Gasteiger partial charge in [0.2, 0.25) is 0 Å². The highest BCUT2D eigenvalue weighted by atomic mass is 19.3. The van der Waals surface area contributed by atoms with Crippen LogP contribution in [0, 0.1) is 17.6 Å². The predicted molar refractivity (Wildman–Crippen MR) is 98.6 cm³/mol. The van der Waals surface area contributed by atoms with Crippen LogP contribution in [0.1, 0.15) is 39.3 Å². The lowest BCUT2D eigenvalue weighted by atomic mass is 9.95. The topological polar surface area (TPSA) is 74.4 Å². The van der Waals surface area contributed by atoms with Crippen LogP contribution in [0.25, 0.3) is 11.1 Å². The summed E-state index contributed by atoms with van der Waals surface area (Å²) in [7, 11) is 0. The molecule has 0 radical (unpaired) electrons. The summed E-state index contributed by atoms with van der Waals surface area (Å²) in [6, 6.07) is 3.95. The first-order valence-electron chi connectivity index (χ1n) is 8.85. The summed E-state index contributed by atoms with van der Waals surface area (Å²) < 4.78 is 65.1. The number of ether oxygens (including phenoxy) is 2. The maximum Gasteiger partial charge on any atom is 0.405 e. The fourth-order valence-electron chi connectivity index (χ4n) is 3.06. The quantitative estimate of drug-likeness (QED) is 0.599. The van der Waals surface area contributed by atoms with Crippen LogP contribution in [-0.4, -0.2) is 23.3 Å². The maximum absolute atomic E-state index is 14.5. The van der Waals surface area contributed by atoms with Crippen molar-refractivity contribution in [1.29, 1.82) is 0 Å². The van der Waals surface area contributed by atoms with Crippen molar-refractivity contribution in [2.24, 2.45) is 11.7 Å². The molecule has 0 saturated carbocycles. The zero-order valence-electron chi connectivity index (χ0n) is 16.2. The molecule has 2 aromatic rings. The van der Waals surface area contributed by atoms with Gasteiger partial charge in [-0.05, 0) is 43.0 Å². The molecule has 0 unspecified atom stereocenters. The van der Waals surface area contributed by atoms with Crippen LogP contribution >= 0.6 is 0 Å². The smallest absolute Gasteiger partial charge is 0.405 e. The van der Waals surface area contributed by atoms with Crippen LogP contribution in [0.3, 0.4) is 0 Å². The minimum atomic E-state index is -2.84. The van der Waals surface area contributed by atoms with Gasteiger partial charge in [-0.2, -0.15) is 0 Å². The largest absolute Gasteiger partial charge is 0.486 e. The molecule has 1 aromatic heterocycles. The van der Waals surface area contributed by atoms with E-state index in [2.05, 4.69) is 4.98 Å². The van der Waals surface area contributed by atoms with Crippen molar-refractivity contribution in [2.75, 3.05) is 6.61 Å². The van der Waals surface area contributed by atoms with E-state index in [1.165, 1.54) is 6.07 Å². The third-order valence-corrected chi connectivity index (χ3v) is 4.06. The lowest BCUT2D eigenvalue weighted by molar-refractivity contribution is -0.0194. The molecule has 2 N–H and O–H groups in total. The Balaban J connectivity index is 2.27. The second kappa shape index (κ2) is 9.11. The van der Waals surface area contributed by atoms with E-state index >= 15 is 0 Å². The normalized spacial score (nSPS) is 13.4. The molecule has 0 aliphatic heterocycles. The number of amides is 1. The van der Waals surface area contributed by atoms with Gasteiger partial charge in [-0.15, -0.1) is 0 Å². The number of benzene rings is 1. The molecule has 0 aliphatic carbocycles.